The molecule has 158 valence electrons. The minimum absolute atomic E-state index is 0.0469. The van der Waals surface area contributed by atoms with Crippen LogP contribution in [-0.4, -0.2) is 27.0 Å². The predicted octanol–water partition coefficient (Wildman–Crippen LogP) is 6.12. The van der Waals surface area contributed by atoms with Gasteiger partial charge in [0.1, 0.15) is 16.6 Å². The average molecular weight is 481 g/mol. The summed E-state index contributed by atoms with van der Waals surface area (Å²) in [6.45, 7) is 0. The molecule has 0 aliphatic carbocycles. The van der Waals surface area contributed by atoms with Gasteiger partial charge in [0.2, 0.25) is 5.17 Å². The van der Waals surface area contributed by atoms with E-state index < -0.39 is 5.91 Å². The van der Waals surface area contributed by atoms with E-state index in [0.29, 0.717) is 38.7 Å². The van der Waals surface area contributed by atoms with E-state index in [9.17, 15) is 4.79 Å². The molecule has 0 radical (unpaired) electrons. The molecule has 0 saturated heterocycles. The number of nitrogens with one attached hydrogen (secondary N) is 1. The zero-order valence-electron chi connectivity index (χ0n) is 16.4. The molecule has 0 atom stereocenters. The number of carbonyl (C=O) groups excluding carboxylic acids is 1. The zero-order chi connectivity index (χ0) is 22.2. The molecule has 5 rings (SSSR count). The van der Waals surface area contributed by atoms with Gasteiger partial charge in [-0.1, -0.05) is 53.5 Å². The van der Waals surface area contributed by atoms with E-state index in [1.807, 2.05) is 30.3 Å². The van der Waals surface area contributed by atoms with Crippen LogP contribution in [-0.2, 0) is 11.2 Å². The number of hydrazone groups is 1. The lowest BCUT2D eigenvalue weighted by Crippen LogP contribution is -2.35. The molecule has 1 amide bonds. The first-order chi connectivity index (χ1) is 15.5. The van der Waals surface area contributed by atoms with Crippen molar-refractivity contribution in [1.82, 2.24) is 5.01 Å². The molecule has 2 aliphatic heterocycles. The first kappa shape index (κ1) is 20.8. The summed E-state index contributed by atoms with van der Waals surface area (Å²) in [5.74, 6) is 0.337. The number of nitrogens with zero attached hydrogens (tertiary/aromatic N) is 3. The van der Waals surface area contributed by atoms with Crippen molar-refractivity contribution in [3.8, 4) is 11.3 Å². The summed E-state index contributed by atoms with van der Waals surface area (Å²) in [6, 6.07) is 18.4. The van der Waals surface area contributed by atoms with E-state index in [2.05, 4.69) is 10.1 Å². The Hall–Kier alpha value is -3.13. The number of hydrogen-bond donors (Lipinski definition) is 1. The molecule has 0 fully saturated rings. The smallest absolute Gasteiger partial charge is 0.283 e. The molecule has 2 aliphatic rings. The fourth-order valence-corrected chi connectivity index (χ4v) is 4.58. The number of amidine groups is 2. The Labute approximate surface area is 197 Å². The normalized spacial score (nSPS) is 16.9. The summed E-state index contributed by atoms with van der Waals surface area (Å²) in [5.41, 5.74) is 1.83. The molecule has 1 N–H and O–H groups in total. The van der Waals surface area contributed by atoms with E-state index in [4.69, 9.17) is 33.0 Å². The lowest BCUT2D eigenvalue weighted by atomic mass is 10.1. The van der Waals surface area contributed by atoms with Crippen LogP contribution < -0.4 is 0 Å². The summed E-state index contributed by atoms with van der Waals surface area (Å²) in [7, 11) is 0. The van der Waals surface area contributed by atoms with Crippen molar-refractivity contribution in [2.24, 2.45) is 10.1 Å². The van der Waals surface area contributed by atoms with E-state index in [1.54, 1.807) is 30.3 Å². The molecular formula is C23H14Cl2N4O2S. The molecule has 3 heterocycles. The number of aliphatic imine (C=N–C) groups is 1. The SMILES string of the molecule is N=C1/C(=C/c2ccc(-c3cc(Cl)ccc3Cl)o2)C(=O)N=C2SC(Cc3ccccc3)=NN12. The third-order valence-electron chi connectivity index (χ3n) is 4.80. The first-order valence-electron chi connectivity index (χ1n) is 9.56. The molecule has 2 aromatic carbocycles. The quantitative estimate of drug-likeness (QED) is 0.456. The maximum absolute atomic E-state index is 12.6. The highest BCUT2D eigenvalue weighted by atomic mass is 35.5. The number of carbonyl (C=O) groups is 1. The van der Waals surface area contributed by atoms with Crippen molar-refractivity contribution >= 4 is 63.0 Å². The second kappa shape index (κ2) is 8.43. The fourth-order valence-electron chi connectivity index (χ4n) is 3.28. The Kier molecular flexibility index (Phi) is 5.46. The van der Waals surface area contributed by atoms with Crippen molar-refractivity contribution in [2.75, 3.05) is 0 Å². The first-order valence-corrected chi connectivity index (χ1v) is 11.1. The molecule has 6 nitrogen and oxygen atoms in total. The van der Waals surface area contributed by atoms with E-state index in [1.165, 1.54) is 22.8 Å². The molecule has 3 aromatic rings. The van der Waals surface area contributed by atoms with Gasteiger partial charge in [0.05, 0.1) is 10.6 Å². The molecule has 0 spiro atoms. The van der Waals surface area contributed by atoms with Crippen LogP contribution in [0.1, 0.15) is 11.3 Å². The Morgan fingerprint density at radius 3 is 2.72 bits per heavy atom. The van der Waals surface area contributed by atoms with Crippen molar-refractivity contribution in [2.45, 2.75) is 6.42 Å². The van der Waals surface area contributed by atoms with Gasteiger partial charge >= 0.3 is 0 Å². The standard InChI is InChI=1S/C23H14Cl2N4O2S/c24-14-6-8-18(25)16(11-14)19-9-7-15(31-19)12-17-21(26)29-23(27-22(17)30)32-20(28-29)10-13-4-2-1-3-5-13/h1-9,11-12,26H,10H2/b17-12-,26-21?. The van der Waals surface area contributed by atoms with Crippen LogP contribution in [0.4, 0.5) is 0 Å². The van der Waals surface area contributed by atoms with Crippen LogP contribution in [0.3, 0.4) is 0 Å². The van der Waals surface area contributed by atoms with Gasteiger partial charge in [0.15, 0.2) is 5.84 Å². The highest BCUT2D eigenvalue weighted by Crippen LogP contribution is 2.33. The maximum Gasteiger partial charge on any atom is 0.283 e. The molecule has 0 unspecified atom stereocenters. The number of amides is 1. The lowest BCUT2D eigenvalue weighted by molar-refractivity contribution is -0.114. The molecule has 0 bridgehead atoms. The summed E-state index contributed by atoms with van der Waals surface area (Å²) in [5, 5.41) is 16.6. The van der Waals surface area contributed by atoms with Gasteiger partial charge in [0.25, 0.3) is 5.91 Å². The van der Waals surface area contributed by atoms with Crippen LogP contribution in [0.2, 0.25) is 10.0 Å². The fraction of sp³-hybridized carbons (Fsp3) is 0.0435. The molecule has 1 aromatic heterocycles. The maximum atomic E-state index is 12.6. The van der Waals surface area contributed by atoms with E-state index in [0.717, 1.165) is 10.6 Å². The van der Waals surface area contributed by atoms with Crippen molar-refractivity contribution in [3.63, 3.8) is 0 Å². The van der Waals surface area contributed by atoms with Crippen LogP contribution in [0.5, 0.6) is 0 Å². The second-order valence-corrected chi connectivity index (χ2v) is 8.89. The van der Waals surface area contributed by atoms with Gasteiger partial charge in [0, 0.05) is 17.0 Å². The van der Waals surface area contributed by atoms with Crippen molar-refractivity contribution in [3.05, 3.63) is 87.6 Å². The van der Waals surface area contributed by atoms with Gasteiger partial charge in [-0.05, 0) is 53.7 Å². The average Bonchev–Trinajstić information content (AvgIpc) is 3.40. The van der Waals surface area contributed by atoms with Gasteiger partial charge < -0.3 is 4.42 Å². The largest absolute Gasteiger partial charge is 0.457 e. The Morgan fingerprint density at radius 2 is 1.91 bits per heavy atom. The van der Waals surface area contributed by atoms with E-state index >= 15 is 0 Å². The Bertz CT molecular complexity index is 1350. The topological polar surface area (TPSA) is 82.0 Å². The van der Waals surface area contributed by atoms with Crippen LogP contribution in [0.15, 0.2) is 80.7 Å². The summed E-state index contributed by atoms with van der Waals surface area (Å²) >= 11 is 13.6. The highest BCUT2D eigenvalue weighted by molar-refractivity contribution is 8.26. The summed E-state index contributed by atoms with van der Waals surface area (Å²) in [6.07, 6.45) is 2.09. The van der Waals surface area contributed by atoms with Gasteiger partial charge in [-0.15, -0.1) is 0 Å². The summed E-state index contributed by atoms with van der Waals surface area (Å²) in [4.78, 5) is 16.7. The van der Waals surface area contributed by atoms with E-state index in [-0.39, 0.29) is 11.4 Å². The molecular weight excluding hydrogens is 467 g/mol. The third-order valence-corrected chi connectivity index (χ3v) is 6.27. The van der Waals surface area contributed by atoms with Crippen LogP contribution in [0.25, 0.3) is 17.4 Å². The highest BCUT2D eigenvalue weighted by Gasteiger charge is 2.35. The number of hydrogen-bond acceptors (Lipinski definition) is 5. The number of benzene rings is 2. The minimum Gasteiger partial charge on any atom is -0.457 e. The minimum atomic E-state index is -0.511. The number of rotatable bonds is 4. The van der Waals surface area contributed by atoms with Crippen molar-refractivity contribution < 1.29 is 9.21 Å². The van der Waals surface area contributed by atoms with Crippen LogP contribution >= 0.6 is 35.0 Å². The number of thioether (sulfide) groups is 1. The second-order valence-electron chi connectivity index (χ2n) is 7.00. The lowest BCUT2D eigenvalue weighted by Gasteiger charge is -2.19. The Balaban J connectivity index is 1.41. The predicted molar refractivity (Wildman–Crippen MR) is 129 cm³/mol. The molecule has 32 heavy (non-hydrogen) atoms. The van der Waals surface area contributed by atoms with Gasteiger partial charge in [-0.25, -0.2) is 0 Å². The third kappa shape index (κ3) is 4.02. The summed E-state index contributed by atoms with van der Waals surface area (Å²) < 4.78 is 5.84. The van der Waals surface area contributed by atoms with Crippen LogP contribution in [0, 0.1) is 5.41 Å². The Morgan fingerprint density at radius 1 is 1.09 bits per heavy atom. The van der Waals surface area contributed by atoms with Gasteiger partial charge in [-0.2, -0.15) is 15.1 Å². The number of fused-ring (bicyclic) bond motifs is 1. The van der Waals surface area contributed by atoms with Crippen molar-refractivity contribution in [1.29, 1.82) is 5.41 Å². The van der Waals surface area contributed by atoms with Gasteiger partial charge in [-0.3, -0.25) is 10.2 Å². The zero-order valence-corrected chi connectivity index (χ0v) is 18.7. The monoisotopic (exact) mass is 480 g/mol. The molecule has 9 heteroatoms. The number of halogens is 2. The molecule has 0 saturated carbocycles. The number of furan rings is 1.